The molecule has 0 aromatic heterocycles. The Balaban J connectivity index is 2.36. The molecule has 0 radical (unpaired) electrons. The van der Waals surface area contributed by atoms with Gasteiger partial charge in [-0.15, -0.1) is 0 Å². The van der Waals surface area contributed by atoms with Crippen LogP contribution in [0.3, 0.4) is 0 Å². The maximum Gasteiger partial charge on any atom is 0.107 e. The predicted molar refractivity (Wildman–Crippen MR) is 57.8 cm³/mol. The number of hydrogen-bond acceptors (Lipinski definition) is 2. The zero-order valence-corrected chi connectivity index (χ0v) is 9.50. The lowest BCUT2D eigenvalue weighted by atomic mass is 10.1. The average molecular weight is 201 g/mol. The first-order valence-electron chi connectivity index (χ1n) is 5.89. The summed E-state index contributed by atoms with van der Waals surface area (Å²) in [6.07, 6.45) is 4.51. The van der Waals surface area contributed by atoms with Gasteiger partial charge >= 0.3 is 0 Å². The third-order valence-electron chi connectivity index (χ3n) is 2.92. The number of rotatable bonds is 5. The molecule has 1 saturated heterocycles. The molecule has 1 aliphatic heterocycles. The topological polar surface area (TPSA) is 32.3 Å². The lowest BCUT2D eigenvalue weighted by Gasteiger charge is -2.48. The number of unbranched alkanes of at least 4 members (excludes halogenated alkanes) is 1. The lowest BCUT2D eigenvalue weighted by molar-refractivity contribution is -0.892. The normalized spacial score (nSPS) is 33.2. The fraction of sp³-hybridized carbons (Fsp3) is 1.00. The molecule has 1 aliphatic rings. The molecule has 0 aromatic rings. The van der Waals surface area contributed by atoms with Crippen LogP contribution in [-0.4, -0.2) is 37.0 Å². The number of nitrogens with zero attached hydrogens (tertiary/aromatic N) is 1. The summed E-state index contributed by atoms with van der Waals surface area (Å²) in [6, 6.07) is 0. The van der Waals surface area contributed by atoms with Crippen LogP contribution < -0.4 is 0 Å². The fourth-order valence-electron chi connectivity index (χ4n) is 2.05. The van der Waals surface area contributed by atoms with E-state index in [4.69, 9.17) is 4.74 Å². The van der Waals surface area contributed by atoms with Crippen LogP contribution in [0, 0.1) is 5.21 Å². The number of hydrogen-bond donors (Lipinski definition) is 0. The highest BCUT2D eigenvalue weighted by Gasteiger charge is 2.27. The van der Waals surface area contributed by atoms with Gasteiger partial charge in [0.1, 0.15) is 19.2 Å². The molecule has 14 heavy (non-hydrogen) atoms. The van der Waals surface area contributed by atoms with Gasteiger partial charge < -0.3 is 14.6 Å². The van der Waals surface area contributed by atoms with Crippen molar-refractivity contribution in [2.45, 2.75) is 45.6 Å². The molecule has 1 fully saturated rings. The van der Waals surface area contributed by atoms with Crippen LogP contribution in [0.5, 0.6) is 0 Å². The van der Waals surface area contributed by atoms with E-state index >= 15 is 0 Å². The van der Waals surface area contributed by atoms with Crippen molar-refractivity contribution in [1.82, 2.24) is 0 Å². The minimum absolute atomic E-state index is 0.0154. The Morgan fingerprint density at radius 2 is 2.14 bits per heavy atom. The average Bonchev–Trinajstić information content (AvgIpc) is 2.16. The molecular weight excluding hydrogens is 178 g/mol. The SMILES string of the molecule is CCCC[N+]1([O-])CCOC(CCC)C1. The Morgan fingerprint density at radius 3 is 2.79 bits per heavy atom. The van der Waals surface area contributed by atoms with Crippen molar-refractivity contribution >= 4 is 0 Å². The van der Waals surface area contributed by atoms with Crippen LogP contribution in [0.1, 0.15) is 39.5 Å². The van der Waals surface area contributed by atoms with Crippen LogP contribution in [0.25, 0.3) is 0 Å². The standard InChI is InChI=1S/C11H23NO2/c1-3-5-7-12(13)8-9-14-11(10-12)6-4-2/h11H,3-10H2,1-2H3. The number of hydroxylamine groups is 3. The van der Waals surface area contributed by atoms with Crippen LogP contribution in [-0.2, 0) is 4.74 Å². The summed E-state index contributed by atoms with van der Waals surface area (Å²) in [4.78, 5) is 0. The molecule has 0 spiro atoms. The van der Waals surface area contributed by atoms with Crippen molar-refractivity contribution in [2.75, 3.05) is 26.2 Å². The van der Waals surface area contributed by atoms with E-state index in [0.717, 1.165) is 32.2 Å². The summed E-state index contributed by atoms with van der Waals surface area (Å²) in [5, 5.41) is 12.2. The Labute approximate surface area is 87.2 Å². The van der Waals surface area contributed by atoms with Gasteiger partial charge in [-0.05, 0) is 12.8 Å². The van der Waals surface area contributed by atoms with E-state index in [9.17, 15) is 5.21 Å². The van der Waals surface area contributed by atoms with Crippen LogP contribution in [0.2, 0.25) is 0 Å². The highest BCUT2D eigenvalue weighted by atomic mass is 16.6. The first-order valence-corrected chi connectivity index (χ1v) is 5.89. The molecule has 2 unspecified atom stereocenters. The summed E-state index contributed by atoms with van der Waals surface area (Å²) in [5.74, 6) is 0. The van der Waals surface area contributed by atoms with Crippen molar-refractivity contribution in [3.05, 3.63) is 5.21 Å². The molecular formula is C11H23NO2. The van der Waals surface area contributed by atoms with Crippen molar-refractivity contribution in [3.63, 3.8) is 0 Å². The van der Waals surface area contributed by atoms with Crippen molar-refractivity contribution in [2.24, 2.45) is 0 Å². The quantitative estimate of drug-likeness (QED) is 0.505. The van der Waals surface area contributed by atoms with E-state index in [0.29, 0.717) is 19.7 Å². The van der Waals surface area contributed by atoms with Crippen LogP contribution in [0.15, 0.2) is 0 Å². The van der Waals surface area contributed by atoms with Crippen LogP contribution >= 0.6 is 0 Å². The summed E-state index contributed by atoms with van der Waals surface area (Å²) in [6.45, 7) is 7.03. The molecule has 1 rings (SSSR count). The lowest BCUT2D eigenvalue weighted by Crippen LogP contribution is -2.54. The van der Waals surface area contributed by atoms with E-state index in [1.165, 1.54) is 0 Å². The third kappa shape index (κ3) is 3.56. The Bertz CT molecular complexity index is 161. The van der Waals surface area contributed by atoms with Gasteiger partial charge in [-0.2, -0.15) is 0 Å². The maximum atomic E-state index is 12.2. The molecule has 3 heteroatoms. The largest absolute Gasteiger partial charge is 0.633 e. The minimum atomic E-state index is -0.0154. The minimum Gasteiger partial charge on any atom is -0.633 e. The number of ether oxygens (including phenoxy) is 1. The smallest absolute Gasteiger partial charge is 0.107 e. The monoisotopic (exact) mass is 201 g/mol. The molecule has 0 N–H and O–H groups in total. The highest BCUT2D eigenvalue weighted by molar-refractivity contribution is 4.63. The zero-order valence-electron chi connectivity index (χ0n) is 9.50. The van der Waals surface area contributed by atoms with Gasteiger partial charge in [0, 0.05) is 0 Å². The van der Waals surface area contributed by atoms with Gasteiger partial charge in [-0.25, -0.2) is 0 Å². The molecule has 84 valence electrons. The molecule has 0 bridgehead atoms. The van der Waals surface area contributed by atoms with Gasteiger partial charge in [-0.3, -0.25) is 0 Å². The summed E-state index contributed by atoms with van der Waals surface area (Å²) >= 11 is 0. The molecule has 0 amide bonds. The molecule has 0 saturated carbocycles. The zero-order chi connectivity index (χ0) is 10.4. The summed E-state index contributed by atoms with van der Waals surface area (Å²) in [7, 11) is 0. The van der Waals surface area contributed by atoms with Crippen LogP contribution in [0.4, 0.5) is 0 Å². The van der Waals surface area contributed by atoms with Gasteiger partial charge in [0.05, 0.1) is 13.2 Å². The summed E-state index contributed by atoms with van der Waals surface area (Å²) in [5.41, 5.74) is 0. The second-order valence-electron chi connectivity index (χ2n) is 4.32. The maximum absolute atomic E-state index is 12.2. The Morgan fingerprint density at radius 1 is 1.36 bits per heavy atom. The van der Waals surface area contributed by atoms with E-state index in [-0.39, 0.29) is 10.8 Å². The summed E-state index contributed by atoms with van der Waals surface area (Å²) < 4.78 is 5.56. The van der Waals surface area contributed by atoms with E-state index in [2.05, 4.69) is 13.8 Å². The molecule has 0 aromatic carbocycles. The number of quaternary nitrogens is 1. The van der Waals surface area contributed by atoms with Crippen molar-refractivity contribution < 1.29 is 9.38 Å². The van der Waals surface area contributed by atoms with Crippen molar-refractivity contribution in [1.29, 1.82) is 0 Å². The number of morpholine rings is 1. The predicted octanol–water partition coefficient (Wildman–Crippen LogP) is 2.30. The third-order valence-corrected chi connectivity index (χ3v) is 2.92. The highest BCUT2D eigenvalue weighted by Crippen LogP contribution is 2.18. The van der Waals surface area contributed by atoms with E-state index < -0.39 is 0 Å². The first-order chi connectivity index (χ1) is 6.70. The van der Waals surface area contributed by atoms with Gasteiger partial charge in [0.2, 0.25) is 0 Å². The molecule has 2 atom stereocenters. The van der Waals surface area contributed by atoms with E-state index in [1.54, 1.807) is 0 Å². The van der Waals surface area contributed by atoms with Gasteiger partial charge in [0.25, 0.3) is 0 Å². The van der Waals surface area contributed by atoms with Gasteiger partial charge in [-0.1, -0.05) is 26.7 Å². The molecule has 1 heterocycles. The second kappa shape index (κ2) is 5.69. The first kappa shape index (κ1) is 12.0. The van der Waals surface area contributed by atoms with E-state index in [1.807, 2.05) is 0 Å². The van der Waals surface area contributed by atoms with Gasteiger partial charge in [0.15, 0.2) is 0 Å². The second-order valence-corrected chi connectivity index (χ2v) is 4.32. The Hall–Kier alpha value is -0.120. The van der Waals surface area contributed by atoms with Crippen molar-refractivity contribution in [3.8, 4) is 0 Å². The molecule has 3 nitrogen and oxygen atoms in total. The Kier molecular flexibility index (Phi) is 4.85. The molecule has 0 aliphatic carbocycles. The fourth-order valence-corrected chi connectivity index (χ4v) is 2.05.